The van der Waals surface area contributed by atoms with E-state index in [-0.39, 0.29) is 17.7 Å². The normalized spacial score (nSPS) is 16.6. The fraction of sp³-hybridized carbons (Fsp3) is 0.250. The highest BCUT2D eigenvalue weighted by Gasteiger charge is 2.35. The molecule has 3 heterocycles. The second kappa shape index (κ2) is 6.16. The van der Waals surface area contributed by atoms with Gasteiger partial charge >= 0.3 is 0 Å². The quantitative estimate of drug-likeness (QED) is 0.792. The van der Waals surface area contributed by atoms with Gasteiger partial charge in [-0.3, -0.25) is 9.78 Å². The average Bonchev–Trinajstić information content (AvgIpc) is 3.02. The molecule has 1 aliphatic heterocycles. The van der Waals surface area contributed by atoms with Crippen molar-refractivity contribution in [1.82, 2.24) is 14.8 Å². The predicted octanol–water partition coefficient (Wildman–Crippen LogP) is 3.86. The number of fused-ring (bicyclic) bond motifs is 1. The summed E-state index contributed by atoms with van der Waals surface area (Å²) in [6.07, 6.45) is 2.17. The lowest BCUT2D eigenvalue weighted by Gasteiger charge is -2.24. The molecular formula is C20H20N4O. The molecule has 1 N–H and O–H groups in total. The molecule has 0 fully saturated rings. The van der Waals surface area contributed by atoms with Crippen LogP contribution < -0.4 is 5.32 Å². The molecule has 0 spiro atoms. The zero-order chi connectivity index (χ0) is 17.4. The van der Waals surface area contributed by atoms with Crippen LogP contribution in [0.25, 0.3) is 5.69 Å². The zero-order valence-corrected chi connectivity index (χ0v) is 14.3. The Bertz CT molecular complexity index is 900. The first kappa shape index (κ1) is 15.6. The standard InChI is InChI=1S/C20H20N4O/c1-13(2)19-18-15(16-10-6-7-11-21-16)12-17(25)22-20(18)24(23-19)14-8-4-3-5-9-14/h3-11,13,15H,12H2,1-2H3,(H,22,25). The maximum absolute atomic E-state index is 12.4. The van der Waals surface area contributed by atoms with Crippen molar-refractivity contribution in [3.8, 4) is 5.69 Å². The van der Waals surface area contributed by atoms with Crippen LogP contribution in [0.3, 0.4) is 0 Å². The molecule has 0 aliphatic carbocycles. The van der Waals surface area contributed by atoms with Gasteiger partial charge in [-0.2, -0.15) is 5.10 Å². The van der Waals surface area contributed by atoms with Crippen LogP contribution >= 0.6 is 0 Å². The fourth-order valence-corrected chi connectivity index (χ4v) is 3.40. The van der Waals surface area contributed by atoms with E-state index in [1.807, 2.05) is 53.2 Å². The highest BCUT2D eigenvalue weighted by Crippen LogP contribution is 2.41. The summed E-state index contributed by atoms with van der Waals surface area (Å²) in [6.45, 7) is 4.26. The second-order valence-corrected chi connectivity index (χ2v) is 6.61. The number of aromatic nitrogens is 3. The van der Waals surface area contributed by atoms with Crippen LogP contribution in [-0.4, -0.2) is 20.7 Å². The largest absolute Gasteiger partial charge is 0.310 e. The van der Waals surface area contributed by atoms with Gasteiger partial charge in [-0.1, -0.05) is 38.1 Å². The predicted molar refractivity (Wildman–Crippen MR) is 97.0 cm³/mol. The molecule has 3 aromatic rings. The smallest absolute Gasteiger partial charge is 0.226 e. The maximum atomic E-state index is 12.4. The number of pyridine rings is 1. The molecule has 1 aliphatic rings. The molecule has 4 rings (SSSR count). The van der Waals surface area contributed by atoms with Gasteiger partial charge in [0, 0.05) is 29.8 Å². The Morgan fingerprint density at radius 2 is 1.88 bits per heavy atom. The van der Waals surface area contributed by atoms with Crippen LogP contribution in [-0.2, 0) is 4.79 Å². The summed E-state index contributed by atoms with van der Waals surface area (Å²) >= 11 is 0. The Labute approximate surface area is 146 Å². The van der Waals surface area contributed by atoms with Gasteiger partial charge < -0.3 is 5.32 Å². The topological polar surface area (TPSA) is 59.8 Å². The number of amides is 1. The van der Waals surface area contributed by atoms with Gasteiger partial charge in [-0.25, -0.2) is 4.68 Å². The summed E-state index contributed by atoms with van der Waals surface area (Å²) in [7, 11) is 0. The monoisotopic (exact) mass is 332 g/mol. The lowest BCUT2D eigenvalue weighted by molar-refractivity contribution is -0.116. The Balaban J connectivity index is 1.94. The van der Waals surface area contributed by atoms with E-state index in [9.17, 15) is 4.79 Å². The van der Waals surface area contributed by atoms with Crippen molar-refractivity contribution in [3.63, 3.8) is 0 Å². The summed E-state index contributed by atoms with van der Waals surface area (Å²) in [5.74, 6) is 0.942. The summed E-state index contributed by atoms with van der Waals surface area (Å²) in [4.78, 5) is 16.9. The number of rotatable bonds is 3. The first-order valence-corrected chi connectivity index (χ1v) is 8.54. The minimum atomic E-state index is -0.0696. The molecule has 0 bridgehead atoms. The molecule has 25 heavy (non-hydrogen) atoms. The summed E-state index contributed by atoms with van der Waals surface area (Å²) < 4.78 is 1.84. The van der Waals surface area contributed by atoms with Crippen molar-refractivity contribution in [2.75, 3.05) is 5.32 Å². The number of carbonyl (C=O) groups excluding carboxylic acids is 1. The van der Waals surface area contributed by atoms with Gasteiger partial charge in [-0.15, -0.1) is 0 Å². The summed E-state index contributed by atoms with van der Waals surface area (Å²) in [5.41, 5.74) is 3.94. The number of benzene rings is 1. The molecule has 2 aromatic heterocycles. The molecule has 126 valence electrons. The molecule has 1 unspecified atom stereocenters. The molecule has 5 nitrogen and oxygen atoms in total. The Kier molecular flexibility index (Phi) is 3.84. The van der Waals surface area contributed by atoms with Crippen molar-refractivity contribution in [3.05, 3.63) is 71.7 Å². The third-order valence-corrected chi connectivity index (χ3v) is 4.54. The van der Waals surface area contributed by atoms with E-state index in [4.69, 9.17) is 5.10 Å². The van der Waals surface area contributed by atoms with Crippen molar-refractivity contribution >= 4 is 11.7 Å². The highest BCUT2D eigenvalue weighted by atomic mass is 16.1. The van der Waals surface area contributed by atoms with E-state index in [0.717, 1.165) is 28.5 Å². The van der Waals surface area contributed by atoms with Crippen molar-refractivity contribution < 1.29 is 4.79 Å². The minimum Gasteiger partial charge on any atom is -0.310 e. The lowest BCUT2D eigenvalue weighted by atomic mass is 9.86. The SMILES string of the molecule is CC(C)c1nn(-c2ccccc2)c2c1C(c1ccccn1)CC(=O)N2. The lowest BCUT2D eigenvalue weighted by Crippen LogP contribution is -2.25. The van der Waals surface area contributed by atoms with E-state index in [2.05, 4.69) is 24.1 Å². The van der Waals surface area contributed by atoms with Gasteiger partial charge in [0.15, 0.2) is 0 Å². The minimum absolute atomic E-state index is 0.00413. The first-order chi connectivity index (χ1) is 12.1. The van der Waals surface area contributed by atoms with Crippen molar-refractivity contribution in [2.45, 2.75) is 32.1 Å². The highest BCUT2D eigenvalue weighted by molar-refractivity contribution is 5.95. The molecule has 1 amide bonds. The van der Waals surface area contributed by atoms with Crippen molar-refractivity contribution in [1.29, 1.82) is 0 Å². The third kappa shape index (κ3) is 2.71. The Morgan fingerprint density at radius 3 is 2.56 bits per heavy atom. The van der Waals surface area contributed by atoms with Crippen LogP contribution in [0, 0.1) is 0 Å². The van der Waals surface area contributed by atoms with E-state index < -0.39 is 0 Å². The zero-order valence-electron chi connectivity index (χ0n) is 14.3. The average molecular weight is 332 g/mol. The van der Waals surface area contributed by atoms with Crippen LogP contribution in [0.5, 0.6) is 0 Å². The maximum Gasteiger partial charge on any atom is 0.226 e. The molecule has 0 radical (unpaired) electrons. The second-order valence-electron chi connectivity index (χ2n) is 6.61. The number of hydrogen-bond acceptors (Lipinski definition) is 3. The number of nitrogens with zero attached hydrogens (tertiary/aromatic N) is 3. The fourth-order valence-electron chi connectivity index (χ4n) is 3.40. The molecular weight excluding hydrogens is 312 g/mol. The first-order valence-electron chi connectivity index (χ1n) is 8.54. The van der Waals surface area contributed by atoms with E-state index >= 15 is 0 Å². The van der Waals surface area contributed by atoms with Crippen molar-refractivity contribution in [2.24, 2.45) is 0 Å². The van der Waals surface area contributed by atoms with Gasteiger partial charge in [0.05, 0.1) is 11.4 Å². The van der Waals surface area contributed by atoms with E-state index in [0.29, 0.717) is 6.42 Å². The number of para-hydroxylation sites is 1. The Hall–Kier alpha value is -2.95. The van der Waals surface area contributed by atoms with Gasteiger partial charge in [0.1, 0.15) is 5.82 Å². The van der Waals surface area contributed by atoms with Gasteiger partial charge in [-0.05, 0) is 30.2 Å². The van der Waals surface area contributed by atoms with E-state index in [1.165, 1.54) is 0 Å². The molecule has 1 atom stereocenters. The van der Waals surface area contributed by atoms with Crippen LogP contribution in [0.2, 0.25) is 0 Å². The molecule has 0 saturated heterocycles. The number of hydrogen-bond donors (Lipinski definition) is 1. The Morgan fingerprint density at radius 1 is 1.12 bits per heavy atom. The molecule has 1 aromatic carbocycles. The molecule has 5 heteroatoms. The van der Waals surface area contributed by atoms with Crippen LogP contribution in [0.15, 0.2) is 54.7 Å². The third-order valence-electron chi connectivity index (χ3n) is 4.54. The van der Waals surface area contributed by atoms with Crippen LogP contribution in [0.4, 0.5) is 5.82 Å². The summed E-state index contributed by atoms with van der Waals surface area (Å²) in [6, 6.07) is 15.7. The number of nitrogens with one attached hydrogen (secondary N) is 1. The molecule has 0 saturated carbocycles. The van der Waals surface area contributed by atoms with Crippen LogP contribution in [0.1, 0.15) is 49.1 Å². The van der Waals surface area contributed by atoms with E-state index in [1.54, 1.807) is 6.20 Å². The number of anilines is 1. The number of carbonyl (C=O) groups is 1. The van der Waals surface area contributed by atoms with Gasteiger partial charge in [0.25, 0.3) is 0 Å². The van der Waals surface area contributed by atoms with Gasteiger partial charge in [0.2, 0.25) is 5.91 Å². The summed E-state index contributed by atoms with van der Waals surface area (Å²) in [5, 5.41) is 7.88.